The first-order valence-electron chi connectivity index (χ1n) is 4.84. The molecule has 0 saturated heterocycles. The van der Waals surface area contributed by atoms with Crippen molar-refractivity contribution in [3.05, 3.63) is 51.2 Å². The number of thiophene rings is 1. The van der Waals surface area contributed by atoms with Gasteiger partial charge < -0.3 is 0 Å². The third kappa shape index (κ3) is 2.84. The molecular formula is C12H11ClN2S. The fraction of sp³-hybridized carbons (Fsp3) is 0.0833. The van der Waals surface area contributed by atoms with Crippen molar-refractivity contribution in [3.63, 3.8) is 0 Å². The number of nitrogens with one attached hydrogen (secondary N) is 1. The molecule has 0 amide bonds. The number of hydrazone groups is 1. The summed E-state index contributed by atoms with van der Waals surface area (Å²) in [5, 5.41) is 6.90. The van der Waals surface area contributed by atoms with Gasteiger partial charge in [-0.1, -0.05) is 23.7 Å². The fourth-order valence-corrected chi connectivity index (χ4v) is 1.96. The van der Waals surface area contributed by atoms with E-state index in [1.165, 1.54) is 0 Å². The van der Waals surface area contributed by atoms with Crippen LogP contribution in [0.25, 0.3) is 0 Å². The quantitative estimate of drug-likeness (QED) is 0.642. The summed E-state index contributed by atoms with van der Waals surface area (Å²) in [6.45, 7) is 1.97. The monoisotopic (exact) mass is 250 g/mol. The molecule has 0 atom stereocenters. The Bertz CT molecular complexity index is 492. The molecule has 0 saturated carbocycles. The van der Waals surface area contributed by atoms with Gasteiger partial charge in [-0.15, -0.1) is 11.3 Å². The van der Waals surface area contributed by atoms with Gasteiger partial charge in [0.25, 0.3) is 0 Å². The second kappa shape index (κ2) is 5.14. The minimum absolute atomic E-state index is 0.747. The zero-order valence-electron chi connectivity index (χ0n) is 8.77. The number of hydrogen-bond donors (Lipinski definition) is 1. The van der Waals surface area contributed by atoms with E-state index in [1.54, 1.807) is 17.6 Å². The van der Waals surface area contributed by atoms with E-state index >= 15 is 0 Å². The van der Waals surface area contributed by atoms with Crippen molar-refractivity contribution in [2.45, 2.75) is 6.92 Å². The van der Waals surface area contributed by atoms with Gasteiger partial charge in [-0.25, -0.2) is 0 Å². The van der Waals surface area contributed by atoms with Crippen molar-refractivity contribution in [1.29, 1.82) is 0 Å². The first-order valence-corrected chi connectivity index (χ1v) is 6.10. The lowest BCUT2D eigenvalue weighted by Crippen LogP contribution is -1.89. The van der Waals surface area contributed by atoms with E-state index in [4.69, 9.17) is 11.6 Å². The molecule has 2 rings (SSSR count). The largest absolute Gasteiger partial charge is 0.278 e. The van der Waals surface area contributed by atoms with Crippen molar-refractivity contribution in [2.75, 3.05) is 5.43 Å². The van der Waals surface area contributed by atoms with E-state index in [1.807, 2.05) is 42.6 Å². The zero-order valence-corrected chi connectivity index (χ0v) is 10.3. The van der Waals surface area contributed by atoms with E-state index in [9.17, 15) is 0 Å². The summed E-state index contributed by atoms with van der Waals surface area (Å²) in [6.07, 6.45) is 1.79. The molecule has 0 fully saturated rings. The molecule has 1 aromatic heterocycles. The average molecular weight is 251 g/mol. The number of anilines is 1. The Morgan fingerprint density at radius 1 is 1.38 bits per heavy atom. The highest BCUT2D eigenvalue weighted by molar-refractivity contribution is 7.11. The second-order valence-corrected chi connectivity index (χ2v) is 4.74. The summed E-state index contributed by atoms with van der Waals surface area (Å²) in [5.74, 6) is 0. The van der Waals surface area contributed by atoms with Crippen LogP contribution in [0.5, 0.6) is 0 Å². The van der Waals surface area contributed by atoms with E-state index in [-0.39, 0.29) is 0 Å². The van der Waals surface area contributed by atoms with Crippen molar-refractivity contribution in [3.8, 4) is 0 Å². The lowest BCUT2D eigenvalue weighted by molar-refractivity contribution is 1.34. The molecule has 1 N–H and O–H groups in total. The summed E-state index contributed by atoms with van der Waals surface area (Å²) >= 11 is 7.65. The number of hydrogen-bond acceptors (Lipinski definition) is 3. The van der Waals surface area contributed by atoms with Crippen LogP contribution in [0.15, 0.2) is 40.8 Å². The molecule has 0 unspecified atom stereocenters. The summed E-state index contributed by atoms with van der Waals surface area (Å²) in [7, 11) is 0. The fourth-order valence-electron chi connectivity index (χ4n) is 1.20. The highest BCUT2D eigenvalue weighted by atomic mass is 35.5. The number of benzene rings is 1. The maximum absolute atomic E-state index is 6.00. The Hall–Kier alpha value is -1.32. The molecular weight excluding hydrogens is 240 g/mol. The van der Waals surface area contributed by atoms with Crippen molar-refractivity contribution in [2.24, 2.45) is 5.10 Å². The van der Waals surface area contributed by atoms with Crippen molar-refractivity contribution < 1.29 is 0 Å². The molecule has 2 aromatic rings. The Morgan fingerprint density at radius 2 is 2.25 bits per heavy atom. The SMILES string of the molecule is Cc1ccc(N/N=C\c2cccs2)cc1Cl. The van der Waals surface area contributed by atoms with Crippen LogP contribution in [-0.2, 0) is 0 Å². The minimum Gasteiger partial charge on any atom is -0.278 e. The molecule has 2 nitrogen and oxygen atoms in total. The van der Waals surface area contributed by atoms with Gasteiger partial charge >= 0.3 is 0 Å². The summed E-state index contributed by atoms with van der Waals surface area (Å²) in [5.41, 5.74) is 4.90. The van der Waals surface area contributed by atoms with Crippen molar-refractivity contribution >= 4 is 34.8 Å². The van der Waals surface area contributed by atoms with E-state index in [0.29, 0.717) is 0 Å². The van der Waals surface area contributed by atoms with Gasteiger partial charge in [0.1, 0.15) is 0 Å². The highest BCUT2D eigenvalue weighted by Gasteiger charge is 1.95. The molecule has 82 valence electrons. The Kier molecular flexibility index (Phi) is 3.59. The predicted molar refractivity (Wildman–Crippen MR) is 71.7 cm³/mol. The van der Waals surface area contributed by atoms with Crippen LogP contribution in [-0.4, -0.2) is 6.21 Å². The Labute approximate surface area is 104 Å². The highest BCUT2D eigenvalue weighted by Crippen LogP contribution is 2.19. The molecule has 1 aromatic carbocycles. The third-order valence-electron chi connectivity index (χ3n) is 2.10. The van der Waals surface area contributed by atoms with Gasteiger partial charge in [-0.3, -0.25) is 5.43 Å². The van der Waals surface area contributed by atoms with Crippen LogP contribution >= 0.6 is 22.9 Å². The molecule has 0 aliphatic rings. The first kappa shape index (κ1) is 11.2. The van der Waals surface area contributed by atoms with Gasteiger partial charge in [0.2, 0.25) is 0 Å². The van der Waals surface area contributed by atoms with E-state index < -0.39 is 0 Å². The van der Waals surface area contributed by atoms with Crippen LogP contribution in [0.4, 0.5) is 5.69 Å². The topological polar surface area (TPSA) is 24.4 Å². The number of nitrogens with zero attached hydrogens (tertiary/aromatic N) is 1. The molecule has 16 heavy (non-hydrogen) atoms. The van der Waals surface area contributed by atoms with E-state index in [2.05, 4.69) is 10.5 Å². The summed E-state index contributed by atoms with van der Waals surface area (Å²) in [6, 6.07) is 9.79. The number of halogens is 1. The maximum atomic E-state index is 6.00. The molecule has 0 aliphatic heterocycles. The summed E-state index contributed by atoms with van der Waals surface area (Å²) < 4.78 is 0. The third-order valence-corrected chi connectivity index (χ3v) is 3.31. The lowest BCUT2D eigenvalue weighted by atomic mass is 10.2. The second-order valence-electron chi connectivity index (χ2n) is 3.35. The zero-order chi connectivity index (χ0) is 11.4. The van der Waals surface area contributed by atoms with Gasteiger partial charge in [0, 0.05) is 9.90 Å². The van der Waals surface area contributed by atoms with Gasteiger partial charge in [-0.05, 0) is 36.1 Å². The van der Waals surface area contributed by atoms with Gasteiger partial charge in [0.15, 0.2) is 0 Å². The Balaban J connectivity index is 2.02. The smallest absolute Gasteiger partial charge is 0.0644 e. The maximum Gasteiger partial charge on any atom is 0.0644 e. The van der Waals surface area contributed by atoms with Gasteiger partial charge in [0.05, 0.1) is 11.9 Å². The summed E-state index contributed by atoms with van der Waals surface area (Å²) in [4.78, 5) is 1.12. The van der Waals surface area contributed by atoms with Gasteiger partial charge in [-0.2, -0.15) is 5.10 Å². The van der Waals surface area contributed by atoms with Crippen LogP contribution in [0, 0.1) is 6.92 Å². The average Bonchev–Trinajstić information content (AvgIpc) is 2.76. The lowest BCUT2D eigenvalue weighted by Gasteiger charge is -2.02. The van der Waals surface area contributed by atoms with Crippen LogP contribution < -0.4 is 5.43 Å². The molecule has 1 heterocycles. The molecule has 0 radical (unpaired) electrons. The normalized spacial score (nSPS) is 10.9. The number of rotatable bonds is 3. The standard InChI is InChI=1S/C12H11ClN2S/c1-9-4-5-10(7-12(9)13)15-14-8-11-3-2-6-16-11/h2-8,15H,1H3/b14-8-. The molecule has 0 aliphatic carbocycles. The molecule has 4 heteroatoms. The molecule has 0 bridgehead atoms. The minimum atomic E-state index is 0.747. The van der Waals surface area contributed by atoms with Crippen molar-refractivity contribution in [1.82, 2.24) is 0 Å². The first-order chi connectivity index (χ1) is 7.75. The van der Waals surface area contributed by atoms with Crippen LogP contribution in [0.2, 0.25) is 5.02 Å². The Morgan fingerprint density at radius 3 is 2.94 bits per heavy atom. The predicted octanol–water partition coefficient (Wildman–Crippen LogP) is 4.16. The number of aryl methyl sites for hydroxylation is 1. The van der Waals surface area contributed by atoms with Crippen LogP contribution in [0.3, 0.4) is 0 Å². The molecule has 0 spiro atoms. The van der Waals surface area contributed by atoms with Crippen LogP contribution in [0.1, 0.15) is 10.4 Å². The van der Waals surface area contributed by atoms with E-state index in [0.717, 1.165) is 21.2 Å².